The van der Waals surface area contributed by atoms with Crippen molar-refractivity contribution in [1.82, 2.24) is 4.90 Å². The van der Waals surface area contributed by atoms with Crippen LogP contribution in [0.5, 0.6) is 0 Å². The first-order valence-corrected chi connectivity index (χ1v) is 10.4. The number of carbonyl (C=O) groups is 2. The van der Waals surface area contributed by atoms with Gasteiger partial charge < -0.3 is 4.90 Å². The van der Waals surface area contributed by atoms with Crippen molar-refractivity contribution in [3.63, 3.8) is 0 Å². The fraction of sp³-hybridized carbons (Fsp3) is 0.500. The van der Waals surface area contributed by atoms with Crippen LogP contribution in [0.15, 0.2) is 17.0 Å². The fourth-order valence-corrected chi connectivity index (χ4v) is 4.26. The van der Waals surface area contributed by atoms with Crippen molar-refractivity contribution in [2.75, 3.05) is 6.26 Å². The Bertz CT molecular complexity index is 814. The second-order valence-electron chi connectivity index (χ2n) is 6.42. The third kappa shape index (κ3) is 3.60. The van der Waals surface area contributed by atoms with Crippen LogP contribution in [0.3, 0.4) is 0 Å². The summed E-state index contributed by atoms with van der Waals surface area (Å²) in [7, 11) is -3.56. The second-order valence-corrected chi connectivity index (χ2v) is 9.13. The van der Waals surface area contributed by atoms with Gasteiger partial charge in [-0.3, -0.25) is 9.59 Å². The number of benzene rings is 1. The van der Waals surface area contributed by atoms with E-state index in [2.05, 4.69) is 0 Å². The largest absolute Gasteiger partial charge is 0.335 e. The molecule has 3 rings (SSSR count). The first-order chi connectivity index (χ1) is 11.2. The number of sulfone groups is 1. The van der Waals surface area contributed by atoms with Crippen LogP contribution in [0.1, 0.15) is 41.6 Å². The smallest absolute Gasteiger partial charge is 0.253 e. The summed E-state index contributed by atoms with van der Waals surface area (Å²) in [5, 5.41) is -0.750. The predicted molar refractivity (Wildman–Crippen MR) is 91.0 cm³/mol. The summed E-state index contributed by atoms with van der Waals surface area (Å²) in [6, 6.07) is 2.76. The summed E-state index contributed by atoms with van der Waals surface area (Å²) >= 11 is 11.8. The standard InChI is InChI=1S/C16H17Cl2NO4S/c1-24(22,23)13-7-6-11(15(18)20)14(17)12(13)8-19(10-4-5-10)16(21)9-2-3-9/h6-7,9-10H,2-5,8H2,1H3. The molecule has 0 unspecified atom stereocenters. The van der Waals surface area contributed by atoms with Crippen LogP contribution in [-0.4, -0.2) is 36.8 Å². The van der Waals surface area contributed by atoms with Crippen molar-refractivity contribution < 1.29 is 18.0 Å². The average molecular weight is 390 g/mol. The Labute approximate surface area is 150 Å². The summed E-state index contributed by atoms with van der Waals surface area (Å²) in [5.41, 5.74) is 0.321. The molecule has 0 N–H and O–H groups in total. The lowest BCUT2D eigenvalue weighted by atomic mass is 10.1. The highest BCUT2D eigenvalue weighted by Crippen LogP contribution is 2.39. The molecular formula is C16H17Cl2NO4S. The molecule has 5 nitrogen and oxygen atoms in total. The second kappa shape index (κ2) is 6.32. The maximum atomic E-state index is 12.5. The van der Waals surface area contributed by atoms with E-state index in [4.69, 9.17) is 23.2 Å². The molecular weight excluding hydrogens is 373 g/mol. The van der Waals surface area contributed by atoms with Crippen molar-refractivity contribution in [2.45, 2.75) is 43.2 Å². The summed E-state index contributed by atoms with van der Waals surface area (Å²) in [6.45, 7) is 0.0826. The highest BCUT2D eigenvalue weighted by atomic mass is 35.5. The number of nitrogens with zero attached hydrogens (tertiary/aromatic N) is 1. The van der Waals surface area contributed by atoms with Crippen molar-refractivity contribution in [2.24, 2.45) is 5.92 Å². The number of hydrogen-bond donors (Lipinski definition) is 0. The number of carbonyl (C=O) groups excluding carboxylic acids is 2. The van der Waals surface area contributed by atoms with Crippen LogP contribution >= 0.6 is 23.2 Å². The van der Waals surface area contributed by atoms with Crippen LogP contribution in [0.4, 0.5) is 0 Å². The first kappa shape index (κ1) is 17.7. The third-order valence-corrected chi connectivity index (χ3v) is 6.15. The molecule has 0 aliphatic heterocycles. The minimum Gasteiger partial charge on any atom is -0.335 e. The topological polar surface area (TPSA) is 71.5 Å². The van der Waals surface area contributed by atoms with Gasteiger partial charge in [-0.05, 0) is 49.4 Å². The van der Waals surface area contributed by atoms with E-state index in [0.717, 1.165) is 31.9 Å². The zero-order valence-electron chi connectivity index (χ0n) is 13.1. The third-order valence-electron chi connectivity index (χ3n) is 4.34. The SMILES string of the molecule is CS(=O)(=O)c1ccc(C(=O)Cl)c(Cl)c1CN(C(=O)C1CC1)C1CC1. The molecule has 0 bridgehead atoms. The molecule has 2 saturated carbocycles. The Morgan fingerprint density at radius 2 is 1.83 bits per heavy atom. The molecule has 0 radical (unpaired) electrons. The Hall–Kier alpha value is -1.11. The van der Waals surface area contributed by atoms with Gasteiger partial charge in [0.2, 0.25) is 5.91 Å². The Morgan fingerprint density at radius 1 is 1.21 bits per heavy atom. The highest BCUT2D eigenvalue weighted by molar-refractivity contribution is 7.90. The van der Waals surface area contributed by atoms with E-state index in [1.54, 1.807) is 4.90 Å². The van der Waals surface area contributed by atoms with Gasteiger partial charge in [0.1, 0.15) is 0 Å². The van der Waals surface area contributed by atoms with Crippen LogP contribution in [-0.2, 0) is 21.2 Å². The van der Waals surface area contributed by atoms with Crippen molar-refractivity contribution >= 4 is 44.2 Å². The van der Waals surface area contributed by atoms with Gasteiger partial charge in [0.25, 0.3) is 5.24 Å². The normalized spacial score (nSPS) is 17.6. The molecule has 2 fully saturated rings. The predicted octanol–water partition coefficient (Wildman–Crippen LogP) is 3.02. The lowest BCUT2D eigenvalue weighted by molar-refractivity contribution is -0.133. The number of rotatable bonds is 6. The van der Waals surface area contributed by atoms with Gasteiger partial charge in [-0.15, -0.1) is 0 Å². The zero-order chi connectivity index (χ0) is 17.6. The quantitative estimate of drug-likeness (QED) is 0.700. The molecule has 0 heterocycles. The number of halogens is 2. The molecule has 0 aromatic heterocycles. The van der Waals surface area contributed by atoms with Crippen LogP contribution in [0.25, 0.3) is 0 Å². The van der Waals surface area contributed by atoms with E-state index >= 15 is 0 Å². The van der Waals surface area contributed by atoms with E-state index in [9.17, 15) is 18.0 Å². The van der Waals surface area contributed by atoms with E-state index in [1.165, 1.54) is 12.1 Å². The maximum Gasteiger partial charge on any atom is 0.253 e. The van der Waals surface area contributed by atoms with Gasteiger partial charge >= 0.3 is 0 Å². The summed E-state index contributed by atoms with van der Waals surface area (Å²) in [5.74, 6) is 0.0690. The van der Waals surface area contributed by atoms with Crippen LogP contribution in [0.2, 0.25) is 5.02 Å². The lowest BCUT2D eigenvalue weighted by Gasteiger charge is -2.24. The van der Waals surface area contributed by atoms with E-state index < -0.39 is 15.1 Å². The van der Waals surface area contributed by atoms with E-state index in [1.807, 2.05) is 0 Å². The van der Waals surface area contributed by atoms with Crippen molar-refractivity contribution in [1.29, 1.82) is 0 Å². The molecule has 0 atom stereocenters. The molecule has 24 heavy (non-hydrogen) atoms. The molecule has 130 valence electrons. The van der Waals surface area contributed by atoms with Gasteiger partial charge in [0.15, 0.2) is 9.84 Å². The summed E-state index contributed by atoms with van der Waals surface area (Å²) in [6.07, 6.45) is 4.62. The van der Waals surface area contributed by atoms with Gasteiger partial charge in [0.05, 0.1) is 15.5 Å². The van der Waals surface area contributed by atoms with Gasteiger partial charge in [-0.1, -0.05) is 11.6 Å². The van der Waals surface area contributed by atoms with E-state index in [0.29, 0.717) is 0 Å². The number of amides is 1. The Kier molecular flexibility index (Phi) is 4.66. The first-order valence-electron chi connectivity index (χ1n) is 7.72. The molecule has 0 spiro atoms. The van der Waals surface area contributed by atoms with Crippen LogP contribution < -0.4 is 0 Å². The molecule has 8 heteroatoms. The number of hydrogen-bond acceptors (Lipinski definition) is 4. The van der Waals surface area contributed by atoms with Crippen LogP contribution in [0, 0.1) is 5.92 Å². The molecule has 2 aliphatic carbocycles. The minimum atomic E-state index is -3.56. The summed E-state index contributed by atoms with van der Waals surface area (Å²) < 4.78 is 24.2. The highest BCUT2D eigenvalue weighted by Gasteiger charge is 2.40. The minimum absolute atomic E-state index is 0.00664. The maximum absolute atomic E-state index is 12.5. The average Bonchev–Trinajstić information content (AvgIpc) is 3.36. The summed E-state index contributed by atoms with van der Waals surface area (Å²) in [4.78, 5) is 25.8. The molecule has 1 aromatic carbocycles. The monoisotopic (exact) mass is 389 g/mol. The molecule has 1 aromatic rings. The lowest BCUT2D eigenvalue weighted by Crippen LogP contribution is -2.34. The van der Waals surface area contributed by atoms with Gasteiger partial charge in [-0.25, -0.2) is 8.42 Å². The molecule has 2 aliphatic rings. The molecule has 0 saturated heterocycles. The van der Waals surface area contributed by atoms with Crippen molar-refractivity contribution in [3.8, 4) is 0 Å². The Morgan fingerprint density at radius 3 is 2.29 bits per heavy atom. The van der Waals surface area contributed by atoms with Gasteiger partial charge in [0, 0.05) is 30.3 Å². The molecule has 1 amide bonds. The van der Waals surface area contributed by atoms with Gasteiger partial charge in [-0.2, -0.15) is 0 Å². The van der Waals surface area contributed by atoms with E-state index in [-0.39, 0.29) is 45.5 Å². The Balaban J connectivity index is 2.04. The fourth-order valence-electron chi connectivity index (χ4n) is 2.76. The van der Waals surface area contributed by atoms with Crippen molar-refractivity contribution in [3.05, 3.63) is 28.3 Å². The zero-order valence-corrected chi connectivity index (χ0v) is 15.4.